The highest BCUT2D eigenvalue weighted by Crippen LogP contribution is 2.24. The van der Waals surface area contributed by atoms with Crippen LogP contribution in [0, 0.1) is 0 Å². The van der Waals surface area contributed by atoms with Gasteiger partial charge in [-0.25, -0.2) is 0 Å². The van der Waals surface area contributed by atoms with Crippen LogP contribution >= 0.6 is 23.2 Å². The van der Waals surface area contributed by atoms with E-state index in [1.807, 2.05) is 0 Å². The lowest BCUT2D eigenvalue weighted by Gasteiger charge is -2.19. The largest absolute Gasteiger partial charge is 0.489 e. The van der Waals surface area contributed by atoms with E-state index in [0.717, 1.165) is 0 Å². The van der Waals surface area contributed by atoms with Crippen LogP contribution in [0.5, 0.6) is 11.5 Å². The van der Waals surface area contributed by atoms with Gasteiger partial charge in [0.15, 0.2) is 0 Å². The van der Waals surface area contributed by atoms with Crippen molar-refractivity contribution in [2.75, 3.05) is 13.2 Å². The lowest BCUT2D eigenvalue weighted by Crippen LogP contribution is -2.36. The minimum Gasteiger partial charge on any atom is -0.489 e. The predicted octanol–water partition coefficient (Wildman–Crippen LogP) is 3.17. The Morgan fingerprint density at radius 3 is 1.45 bits per heavy atom. The molecule has 0 saturated carbocycles. The summed E-state index contributed by atoms with van der Waals surface area (Å²) in [7, 11) is 0. The summed E-state index contributed by atoms with van der Waals surface area (Å²) in [6.45, 7) is -0.201. The number of benzene rings is 2. The third kappa shape index (κ3) is 4.78. The second kappa shape index (κ2) is 8.25. The van der Waals surface area contributed by atoms with Gasteiger partial charge in [-0.2, -0.15) is 0 Å². The van der Waals surface area contributed by atoms with E-state index in [1.54, 1.807) is 48.5 Å². The van der Waals surface area contributed by atoms with Crippen LogP contribution in [0.3, 0.4) is 0 Å². The summed E-state index contributed by atoms with van der Waals surface area (Å²) >= 11 is 11.9. The summed E-state index contributed by atoms with van der Waals surface area (Å²) in [6, 6.07) is 13.8. The molecule has 0 aliphatic rings. The molecule has 0 unspecified atom stereocenters. The van der Waals surface area contributed by atoms with Crippen LogP contribution in [0.4, 0.5) is 0 Å². The lowest BCUT2D eigenvalue weighted by molar-refractivity contribution is -0.0288. The molecule has 6 heteroatoms. The first kappa shape index (κ1) is 16.9. The molecule has 0 saturated heterocycles. The van der Waals surface area contributed by atoms with Crippen molar-refractivity contribution in [3.8, 4) is 11.5 Å². The molecule has 0 aliphatic heterocycles. The van der Waals surface area contributed by atoms with Gasteiger partial charge in [-0.1, -0.05) is 47.5 Å². The number of aliphatic hydroxyl groups is 2. The molecule has 22 heavy (non-hydrogen) atoms. The SMILES string of the molecule is O[C@H](COc1ccccc1Cl)[C@@H](O)COc1ccccc1Cl. The number of aliphatic hydroxyl groups excluding tert-OH is 2. The molecule has 0 bridgehead atoms. The van der Waals surface area contributed by atoms with Crippen molar-refractivity contribution in [1.82, 2.24) is 0 Å². The Balaban J connectivity index is 1.81. The Bertz CT molecular complexity index is 553. The van der Waals surface area contributed by atoms with Crippen molar-refractivity contribution in [2.24, 2.45) is 0 Å². The molecule has 0 amide bonds. The molecule has 2 aromatic rings. The first-order valence-electron chi connectivity index (χ1n) is 6.68. The second-order valence-corrected chi connectivity index (χ2v) is 5.43. The molecule has 118 valence electrons. The van der Waals surface area contributed by atoms with Crippen molar-refractivity contribution < 1.29 is 19.7 Å². The first-order chi connectivity index (χ1) is 10.6. The highest BCUT2D eigenvalue weighted by molar-refractivity contribution is 6.32. The summed E-state index contributed by atoms with van der Waals surface area (Å²) in [4.78, 5) is 0. The molecule has 0 heterocycles. The fourth-order valence-electron chi connectivity index (χ4n) is 1.70. The molecule has 2 atom stereocenters. The summed E-state index contributed by atoms with van der Waals surface area (Å²) in [6.07, 6.45) is -2.22. The zero-order valence-corrected chi connectivity index (χ0v) is 13.2. The van der Waals surface area contributed by atoms with E-state index in [2.05, 4.69) is 0 Å². The number of hydrogen-bond donors (Lipinski definition) is 2. The molecule has 0 aromatic heterocycles. The highest BCUT2D eigenvalue weighted by Gasteiger charge is 2.19. The molecule has 0 spiro atoms. The quantitative estimate of drug-likeness (QED) is 0.811. The zero-order chi connectivity index (χ0) is 15.9. The van der Waals surface area contributed by atoms with Crippen LogP contribution in [-0.2, 0) is 0 Å². The average molecular weight is 343 g/mol. The number of hydrogen-bond acceptors (Lipinski definition) is 4. The number of para-hydroxylation sites is 2. The molecule has 0 fully saturated rings. The minimum atomic E-state index is -1.11. The van der Waals surface area contributed by atoms with Gasteiger partial charge in [0.25, 0.3) is 0 Å². The van der Waals surface area contributed by atoms with Crippen LogP contribution in [0.15, 0.2) is 48.5 Å². The molecule has 0 radical (unpaired) electrons. The van der Waals surface area contributed by atoms with E-state index in [1.165, 1.54) is 0 Å². The van der Waals surface area contributed by atoms with Gasteiger partial charge in [0.2, 0.25) is 0 Å². The van der Waals surface area contributed by atoms with E-state index in [9.17, 15) is 10.2 Å². The van der Waals surface area contributed by atoms with E-state index in [-0.39, 0.29) is 13.2 Å². The second-order valence-electron chi connectivity index (χ2n) is 4.62. The normalized spacial score (nSPS) is 13.5. The van der Waals surface area contributed by atoms with Gasteiger partial charge in [-0.05, 0) is 24.3 Å². The van der Waals surface area contributed by atoms with Crippen molar-refractivity contribution >= 4 is 23.2 Å². The summed E-state index contributed by atoms with van der Waals surface area (Å²) in [5, 5.41) is 20.7. The number of rotatable bonds is 7. The lowest BCUT2D eigenvalue weighted by atomic mass is 10.2. The maximum atomic E-state index is 9.89. The fraction of sp³-hybridized carbons (Fsp3) is 0.250. The predicted molar refractivity (Wildman–Crippen MR) is 85.9 cm³/mol. The molecule has 4 nitrogen and oxygen atoms in total. The molecule has 2 rings (SSSR count). The van der Waals surface area contributed by atoms with Gasteiger partial charge in [0.05, 0.1) is 10.0 Å². The maximum Gasteiger partial charge on any atom is 0.138 e. The van der Waals surface area contributed by atoms with Crippen LogP contribution < -0.4 is 9.47 Å². The van der Waals surface area contributed by atoms with E-state index in [0.29, 0.717) is 21.5 Å². The van der Waals surface area contributed by atoms with Crippen LogP contribution in [-0.4, -0.2) is 35.6 Å². The smallest absolute Gasteiger partial charge is 0.138 e. The third-order valence-corrected chi connectivity index (χ3v) is 3.56. The van der Waals surface area contributed by atoms with Gasteiger partial charge < -0.3 is 19.7 Å². The first-order valence-corrected chi connectivity index (χ1v) is 7.44. The monoisotopic (exact) mass is 342 g/mol. The Morgan fingerprint density at radius 1 is 0.727 bits per heavy atom. The van der Waals surface area contributed by atoms with Crippen LogP contribution in [0.25, 0.3) is 0 Å². The summed E-state index contributed by atoms with van der Waals surface area (Å²) in [5.74, 6) is 0.893. The Labute approximate surface area is 138 Å². The molecule has 2 N–H and O–H groups in total. The molecule has 2 aromatic carbocycles. The maximum absolute atomic E-state index is 9.89. The van der Waals surface area contributed by atoms with E-state index < -0.39 is 12.2 Å². The highest BCUT2D eigenvalue weighted by atomic mass is 35.5. The zero-order valence-electron chi connectivity index (χ0n) is 11.7. The van der Waals surface area contributed by atoms with Crippen molar-refractivity contribution in [2.45, 2.75) is 12.2 Å². The standard InChI is InChI=1S/C16H16Cl2O4/c17-11-5-1-3-7-15(11)21-9-13(19)14(20)10-22-16-8-4-2-6-12(16)18/h1-8,13-14,19-20H,9-10H2/t13-,14+. The Morgan fingerprint density at radius 2 is 1.09 bits per heavy atom. The average Bonchev–Trinajstić information content (AvgIpc) is 2.52. The molecular weight excluding hydrogens is 327 g/mol. The Hall–Kier alpha value is -1.46. The van der Waals surface area contributed by atoms with Gasteiger partial charge in [-0.3, -0.25) is 0 Å². The summed E-state index contributed by atoms with van der Waals surface area (Å²) in [5.41, 5.74) is 0. The van der Waals surface area contributed by atoms with Crippen LogP contribution in [0.2, 0.25) is 10.0 Å². The Kier molecular flexibility index (Phi) is 6.34. The van der Waals surface area contributed by atoms with Gasteiger partial charge in [-0.15, -0.1) is 0 Å². The van der Waals surface area contributed by atoms with Gasteiger partial charge in [0, 0.05) is 0 Å². The number of halogens is 2. The molecule has 0 aliphatic carbocycles. The minimum absolute atomic E-state index is 0.100. The van der Waals surface area contributed by atoms with Crippen LogP contribution in [0.1, 0.15) is 0 Å². The third-order valence-electron chi connectivity index (χ3n) is 2.94. The van der Waals surface area contributed by atoms with E-state index in [4.69, 9.17) is 32.7 Å². The molecular formula is C16H16Cl2O4. The van der Waals surface area contributed by atoms with Gasteiger partial charge in [0.1, 0.15) is 36.9 Å². The fourth-order valence-corrected chi connectivity index (χ4v) is 2.08. The number of ether oxygens (including phenoxy) is 2. The van der Waals surface area contributed by atoms with Crippen molar-refractivity contribution in [1.29, 1.82) is 0 Å². The summed E-state index contributed by atoms with van der Waals surface area (Å²) < 4.78 is 10.7. The van der Waals surface area contributed by atoms with E-state index >= 15 is 0 Å². The van der Waals surface area contributed by atoms with Gasteiger partial charge >= 0.3 is 0 Å². The topological polar surface area (TPSA) is 58.9 Å². The van der Waals surface area contributed by atoms with Crippen molar-refractivity contribution in [3.63, 3.8) is 0 Å². The van der Waals surface area contributed by atoms with Crippen molar-refractivity contribution in [3.05, 3.63) is 58.6 Å².